The minimum atomic E-state index is -0.695. The van der Waals surface area contributed by atoms with Crippen LogP contribution in [0.15, 0.2) is 54.6 Å². The second kappa shape index (κ2) is 8.93. The number of primary amides is 1. The van der Waals surface area contributed by atoms with E-state index in [0.29, 0.717) is 16.3 Å². The van der Waals surface area contributed by atoms with Crippen LogP contribution in [-0.2, 0) is 0 Å². The van der Waals surface area contributed by atoms with Crippen molar-refractivity contribution in [2.45, 2.75) is 57.7 Å². The number of benzene rings is 2. The largest absolute Gasteiger partial charge is 0.507 e. The van der Waals surface area contributed by atoms with Crippen molar-refractivity contribution in [3.63, 3.8) is 0 Å². The first-order valence-corrected chi connectivity index (χ1v) is 11.8. The molecule has 0 unspecified atom stereocenters. The van der Waals surface area contributed by atoms with Crippen molar-refractivity contribution in [1.29, 1.82) is 0 Å². The molecule has 4 rings (SSSR count). The van der Waals surface area contributed by atoms with Crippen molar-refractivity contribution in [3.05, 3.63) is 65.2 Å². The van der Waals surface area contributed by atoms with Crippen LogP contribution in [0.3, 0.4) is 0 Å². The van der Waals surface area contributed by atoms with Gasteiger partial charge in [0.15, 0.2) is 0 Å². The van der Waals surface area contributed by atoms with E-state index in [2.05, 4.69) is 38.3 Å². The Hall–Kier alpha value is -3.09. The summed E-state index contributed by atoms with van der Waals surface area (Å²) in [6.45, 7) is 8.85. The van der Waals surface area contributed by atoms with Crippen LogP contribution >= 0.6 is 11.6 Å². The highest BCUT2D eigenvalue weighted by Gasteiger charge is 2.37. The topological polar surface area (TPSA) is 100 Å². The van der Waals surface area contributed by atoms with Crippen LogP contribution in [-0.4, -0.2) is 33.1 Å². The van der Waals surface area contributed by atoms with Gasteiger partial charge in [0.2, 0.25) is 0 Å². The minimum Gasteiger partial charge on any atom is -0.507 e. The first-order valence-electron chi connectivity index (χ1n) is 11.4. The first-order chi connectivity index (χ1) is 15.9. The molecule has 1 aromatic heterocycles. The molecule has 0 aliphatic carbocycles. The molecule has 6 nitrogen and oxygen atoms in total. The number of hydrogen-bond donors (Lipinski definition) is 4. The predicted molar refractivity (Wildman–Crippen MR) is 138 cm³/mol. The van der Waals surface area contributed by atoms with E-state index in [1.165, 1.54) is 6.07 Å². The Morgan fingerprint density at radius 1 is 1.06 bits per heavy atom. The number of aromatic nitrogens is 1. The second-order valence-electron chi connectivity index (χ2n) is 10.3. The molecule has 1 saturated heterocycles. The average Bonchev–Trinajstić information content (AvgIpc) is 2.71. The molecule has 1 aliphatic heterocycles. The molecule has 2 aromatic carbocycles. The lowest BCUT2D eigenvalue weighted by Crippen LogP contribution is -2.60. The normalized spacial score (nSPS) is 17.3. The first kappa shape index (κ1) is 24.0. The van der Waals surface area contributed by atoms with Crippen LogP contribution in [0.2, 0.25) is 5.02 Å². The van der Waals surface area contributed by atoms with Crippen LogP contribution in [0.1, 0.15) is 50.9 Å². The van der Waals surface area contributed by atoms with E-state index in [4.69, 9.17) is 22.3 Å². The van der Waals surface area contributed by atoms with E-state index in [1.54, 1.807) is 12.1 Å². The van der Waals surface area contributed by atoms with Gasteiger partial charge in [0, 0.05) is 33.3 Å². The van der Waals surface area contributed by atoms with E-state index in [9.17, 15) is 9.90 Å². The number of pyridine rings is 1. The van der Waals surface area contributed by atoms with Gasteiger partial charge in [-0.05, 0) is 82.5 Å². The van der Waals surface area contributed by atoms with Gasteiger partial charge in [0.25, 0.3) is 5.91 Å². The molecule has 0 radical (unpaired) electrons. The lowest BCUT2D eigenvalue weighted by atomic mass is 9.79. The minimum absolute atomic E-state index is 0.0179. The lowest BCUT2D eigenvalue weighted by Gasteiger charge is -2.46. The number of piperidine rings is 1. The van der Waals surface area contributed by atoms with Crippen LogP contribution in [0.5, 0.6) is 5.75 Å². The molecular formula is C27H31ClN4O2. The number of hydrogen-bond acceptors (Lipinski definition) is 5. The summed E-state index contributed by atoms with van der Waals surface area (Å²) in [6, 6.07) is 16.6. The number of aromatic hydroxyl groups is 1. The van der Waals surface area contributed by atoms with Crippen LogP contribution in [0.25, 0.3) is 22.4 Å². The van der Waals surface area contributed by atoms with Gasteiger partial charge in [-0.2, -0.15) is 0 Å². The number of anilines is 1. The summed E-state index contributed by atoms with van der Waals surface area (Å²) in [5.74, 6) is -0.130. The number of nitrogens with two attached hydrogens (primary N) is 1. The highest BCUT2D eigenvalue weighted by Crippen LogP contribution is 2.35. The standard InChI is InChI=1S/C27H31ClN4O2/c1-26(2)14-18(15-27(3,4)32-26)30-24-13-17(19-7-5-6-8-21(19)28)12-22(31-24)16-9-10-23(33)20(11-16)25(29)34/h5-13,18,32-33H,14-15H2,1-4H3,(H2,29,34)(H,30,31). The average molecular weight is 479 g/mol. The van der Waals surface area contributed by atoms with Gasteiger partial charge < -0.3 is 21.5 Å². The van der Waals surface area contributed by atoms with Crippen molar-refractivity contribution in [2.75, 3.05) is 5.32 Å². The Labute approximate surface area is 205 Å². The third-order valence-electron chi connectivity index (χ3n) is 6.11. The van der Waals surface area contributed by atoms with Crippen LogP contribution in [0.4, 0.5) is 5.82 Å². The lowest BCUT2D eigenvalue weighted by molar-refractivity contribution is 0.0997. The molecule has 2 heterocycles. The van der Waals surface area contributed by atoms with E-state index >= 15 is 0 Å². The maximum atomic E-state index is 11.8. The Morgan fingerprint density at radius 2 is 1.74 bits per heavy atom. The number of carbonyl (C=O) groups excluding carboxylic acids is 1. The smallest absolute Gasteiger partial charge is 0.252 e. The van der Waals surface area contributed by atoms with Crippen LogP contribution < -0.4 is 16.4 Å². The van der Waals surface area contributed by atoms with E-state index in [0.717, 1.165) is 29.8 Å². The number of rotatable bonds is 5. The molecule has 1 amide bonds. The van der Waals surface area contributed by atoms with Crippen molar-refractivity contribution in [2.24, 2.45) is 5.73 Å². The molecule has 34 heavy (non-hydrogen) atoms. The molecule has 0 saturated carbocycles. The Bertz CT molecular complexity index is 1220. The maximum Gasteiger partial charge on any atom is 0.252 e. The summed E-state index contributed by atoms with van der Waals surface area (Å²) in [6.07, 6.45) is 1.88. The Kier molecular flexibility index (Phi) is 6.32. The number of amides is 1. The Balaban J connectivity index is 1.80. The second-order valence-corrected chi connectivity index (χ2v) is 10.8. The summed E-state index contributed by atoms with van der Waals surface area (Å²) < 4.78 is 0. The summed E-state index contributed by atoms with van der Waals surface area (Å²) in [5, 5.41) is 18.0. The predicted octanol–water partition coefficient (Wildman–Crippen LogP) is 5.59. The number of halogens is 1. The highest BCUT2D eigenvalue weighted by atomic mass is 35.5. The fourth-order valence-corrected chi connectivity index (χ4v) is 5.37. The number of phenols is 1. The fourth-order valence-electron chi connectivity index (χ4n) is 5.13. The van der Waals surface area contributed by atoms with Crippen molar-refractivity contribution in [3.8, 4) is 28.1 Å². The molecule has 1 aliphatic rings. The zero-order chi connectivity index (χ0) is 24.7. The van der Waals surface area contributed by atoms with E-state index < -0.39 is 5.91 Å². The van der Waals surface area contributed by atoms with E-state index in [1.807, 2.05) is 36.4 Å². The molecule has 0 atom stereocenters. The molecule has 7 heteroatoms. The summed E-state index contributed by atoms with van der Waals surface area (Å²) in [5.41, 5.74) is 8.58. The van der Waals surface area contributed by atoms with Gasteiger partial charge in [0.05, 0.1) is 11.3 Å². The van der Waals surface area contributed by atoms with Gasteiger partial charge in [-0.15, -0.1) is 0 Å². The van der Waals surface area contributed by atoms with Gasteiger partial charge in [0.1, 0.15) is 11.6 Å². The third-order valence-corrected chi connectivity index (χ3v) is 6.44. The molecule has 3 aromatic rings. The molecule has 5 N–H and O–H groups in total. The number of nitrogens with one attached hydrogen (secondary N) is 2. The number of nitrogens with zero attached hydrogens (tertiary/aromatic N) is 1. The van der Waals surface area contributed by atoms with Gasteiger partial charge in [-0.3, -0.25) is 4.79 Å². The third kappa shape index (κ3) is 5.34. The Morgan fingerprint density at radius 3 is 2.38 bits per heavy atom. The summed E-state index contributed by atoms with van der Waals surface area (Å²) >= 11 is 6.52. The van der Waals surface area contributed by atoms with Gasteiger partial charge >= 0.3 is 0 Å². The van der Waals surface area contributed by atoms with Gasteiger partial charge in [-0.25, -0.2) is 4.98 Å². The molecular weight excluding hydrogens is 448 g/mol. The molecule has 0 bridgehead atoms. The number of carbonyl (C=O) groups is 1. The van der Waals surface area contributed by atoms with Crippen LogP contribution in [0, 0.1) is 0 Å². The molecule has 178 valence electrons. The van der Waals surface area contributed by atoms with E-state index in [-0.39, 0.29) is 28.4 Å². The summed E-state index contributed by atoms with van der Waals surface area (Å²) in [7, 11) is 0. The zero-order valence-corrected chi connectivity index (χ0v) is 20.7. The zero-order valence-electron chi connectivity index (χ0n) is 19.9. The van der Waals surface area contributed by atoms with Crippen molar-refractivity contribution in [1.82, 2.24) is 10.3 Å². The molecule has 1 fully saturated rings. The van der Waals surface area contributed by atoms with Crippen molar-refractivity contribution >= 4 is 23.3 Å². The quantitative estimate of drug-likeness (QED) is 0.382. The monoisotopic (exact) mass is 478 g/mol. The SMILES string of the molecule is CC1(C)CC(Nc2cc(-c3ccccc3Cl)cc(-c3ccc(O)c(C(N)=O)c3)n2)CC(C)(C)N1. The fraction of sp³-hybridized carbons (Fsp3) is 0.333. The van der Waals surface area contributed by atoms with Crippen molar-refractivity contribution < 1.29 is 9.90 Å². The van der Waals surface area contributed by atoms with Gasteiger partial charge in [-0.1, -0.05) is 29.8 Å². The molecule has 0 spiro atoms. The maximum absolute atomic E-state index is 11.8. The summed E-state index contributed by atoms with van der Waals surface area (Å²) in [4.78, 5) is 16.7. The highest BCUT2D eigenvalue weighted by molar-refractivity contribution is 6.33.